The second kappa shape index (κ2) is 10.0. The molecule has 15 heteroatoms. The molecule has 3 heterocycles. The molecular weight excluding hydrogens is 514 g/mol. The first-order valence-electron chi connectivity index (χ1n) is 9.82. The van der Waals surface area contributed by atoms with Gasteiger partial charge < -0.3 is 9.73 Å². The Labute approximate surface area is 205 Å². The van der Waals surface area contributed by atoms with E-state index in [9.17, 15) is 31.1 Å². The van der Waals surface area contributed by atoms with E-state index >= 15 is 0 Å². The van der Waals surface area contributed by atoms with Crippen LogP contribution < -0.4 is 5.32 Å². The molecule has 3 aromatic heterocycles. The summed E-state index contributed by atoms with van der Waals surface area (Å²) in [5.41, 5.74) is -2.85. The number of aromatic nitrogens is 5. The molecular formula is C21H16F6N6O2S. The van der Waals surface area contributed by atoms with Gasteiger partial charge in [-0.3, -0.25) is 14.5 Å². The number of rotatable bonds is 5. The van der Waals surface area contributed by atoms with E-state index in [0.29, 0.717) is 11.8 Å². The summed E-state index contributed by atoms with van der Waals surface area (Å²) < 4.78 is 85.6. The van der Waals surface area contributed by atoms with Crippen LogP contribution in [0.4, 0.5) is 32.0 Å². The lowest BCUT2D eigenvalue weighted by molar-refractivity contribution is -0.143. The Bertz CT molecular complexity index is 1350. The number of nitrogens with one attached hydrogen (secondary N) is 1. The average Bonchev–Trinajstić information content (AvgIpc) is 3.48. The van der Waals surface area contributed by atoms with E-state index in [1.165, 1.54) is 19.3 Å². The van der Waals surface area contributed by atoms with Gasteiger partial charge in [-0.25, -0.2) is 0 Å². The molecule has 0 aliphatic carbocycles. The highest BCUT2D eigenvalue weighted by Gasteiger charge is 2.39. The maximum absolute atomic E-state index is 13.5. The summed E-state index contributed by atoms with van der Waals surface area (Å²) >= 11 is 0. The van der Waals surface area contributed by atoms with Gasteiger partial charge in [-0.05, 0) is 36.8 Å². The molecule has 8 nitrogen and oxygen atoms in total. The fraction of sp³-hybridized carbons (Fsp3) is 0.190. The van der Waals surface area contributed by atoms with Crippen LogP contribution in [0, 0.1) is 0 Å². The van der Waals surface area contributed by atoms with Gasteiger partial charge in [0.15, 0.2) is 0 Å². The van der Waals surface area contributed by atoms with E-state index in [1.807, 2.05) is 0 Å². The molecule has 1 atom stereocenters. The lowest BCUT2D eigenvalue weighted by atomic mass is 9.98. The first kappa shape index (κ1) is 26.7. The zero-order valence-electron chi connectivity index (χ0n) is 18.1. The SMILES string of the molecule is C[C@@H](c1ccc(C(F)(F)F)cc1C(F)(F)F)n1cc(NC(=O)c2nnc(-c3ccccn3)o2)cn1.S. The van der Waals surface area contributed by atoms with Gasteiger partial charge in [0.25, 0.3) is 5.89 Å². The van der Waals surface area contributed by atoms with Crippen molar-refractivity contribution in [1.82, 2.24) is 25.0 Å². The van der Waals surface area contributed by atoms with Gasteiger partial charge in [0.1, 0.15) is 5.69 Å². The van der Waals surface area contributed by atoms with Gasteiger partial charge in [-0.2, -0.15) is 44.9 Å². The smallest absolute Gasteiger partial charge is 0.411 e. The molecule has 1 amide bonds. The van der Waals surface area contributed by atoms with Crippen molar-refractivity contribution in [3.63, 3.8) is 0 Å². The van der Waals surface area contributed by atoms with Crippen LogP contribution in [-0.4, -0.2) is 30.9 Å². The van der Waals surface area contributed by atoms with E-state index in [2.05, 4.69) is 25.6 Å². The minimum absolute atomic E-state index is 0. The zero-order valence-corrected chi connectivity index (χ0v) is 19.1. The predicted molar refractivity (Wildman–Crippen MR) is 118 cm³/mol. The summed E-state index contributed by atoms with van der Waals surface area (Å²) in [7, 11) is 0. The van der Waals surface area contributed by atoms with Crippen molar-refractivity contribution >= 4 is 25.1 Å². The lowest BCUT2D eigenvalue weighted by Gasteiger charge is -2.20. The van der Waals surface area contributed by atoms with E-state index in [0.717, 1.165) is 16.9 Å². The summed E-state index contributed by atoms with van der Waals surface area (Å²) in [5, 5.41) is 13.7. The molecule has 0 unspecified atom stereocenters. The molecule has 0 fully saturated rings. The molecule has 0 radical (unpaired) electrons. The highest BCUT2D eigenvalue weighted by atomic mass is 32.1. The summed E-state index contributed by atoms with van der Waals surface area (Å²) in [6.45, 7) is 1.33. The normalized spacial score (nSPS) is 12.6. The molecule has 1 N–H and O–H groups in total. The van der Waals surface area contributed by atoms with Gasteiger partial charge in [-0.1, -0.05) is 12.1 Å². The Morgan fingerprint density at radius 2 is 1.81 bits per heavy atom. The highest BCUT2D eigenvalue weighted by molar-refractivity contribution is 7.59. The minimum Gasteiger partial charge on any atom is -0.411 e. The third kappa shape index (κ3) is 5.67. The van der Waals surface area contributed by atoms with Crippen molar-refractivity contribution in [3.8, 4) is 11.6 Å². The van der Waals surface area contributed by atoms with Gasteiger partial charge in [0, 0.05) is 12.4 Å². The molecule has 0 spiro atoms. The fourth-order valence-corrected chi connectivity index (χ4v) is 3.19. The van der Waals surface area contributed by atoms with E-state index in [4.69, 9.17) is 4.42 Å². The Morgan fingerprint density at radius 3 is 2.44 bits per heavy atom. The fourth-order valence-electron chi connectivity index (χ4n) is 3.19. The molecule has 0 saturated carbocycles. The van der Waals surface area contributed by atoms with Gasteiger partial charge in [0.05, 0.1) is 29.1 Å². The second-order valence-corrected chi connectivity index (χ2v) is 7.26. The Kier molecular flexibility index (Phi) is 7.43. The molecule has 190 valence electrons. The van der Waals surface area contributed by atoms with Crippen LogP contribution in [0.3, 0.4) is 0 Å². The summed E-state index contributed by atoms with van der Waals surface area (Å²) in [6, 6.07) is 5.23. The number of halogens is 6. The Morgan fingerprint density at radius 1 is 1.06 bits per heavy atom. The van der Waals surface area contributed by atoms with Gasteiger partial charge in [-0.15, -0.1) is 10.2 Å². The third-order valence-electron chi connectivity index (χ3n) is 4.90. The van der Waals surface area contributed by atoms with Crippen LogP contribution in [-0.2, 0) is 12.4 Å². The Balaban J connectivity index is 0.00000361. The molecule has 0 aliphatic rings. The summed E-state index contributed by atoms with van der Waals surface area (Å²) in [5.74, 6) is -1.20. The molecule has 0 saturated heterocycles. The van der Waals surface area contributed by atoms with E-state index in [-0.39, 0.29) is 31.1 Å². The van der Waals surface area contributed by atoms with Crippen molar-refractivity contribution in [2.75, 3.05) is 5.32 Å². The van der Waals surface area contributed by atoms with E-state index in [1.54, 1.807) is 18.2 Å². The van der Waals surface area contributed by atoms with Crippen LogP contribution in [0.1, 0.15) is 40.3 Å². The number of alkyl halides is 6. The van der Waals surface area contributed by atoms with Crippen LogP contribution in [0.5, 0.6) is 0 Å². The highest BCUT2D eigenvalue weighted by Crippen LogP contribution is 2.39. The van der Waals surface area contributed by atoms with Gasteiger partial charge in [0.2, 0.25) is 0 Å². The van der Waals surface area contributed by atoms with Crippen molar-refractivity contribution in [2.45, 2.75) is 25.3 Å². The van der Waals surface area contributed by atoms with Crippen molar-refractivity contribution < 1.29 is 35.6 Å². The summed E-state index contributed by atoms with van der Waals surface area (Å²) in [6.07, 6.45) is -6.09. The van der Waals surface area contributed by atoms with Gasteiger partial charge >= 0.3 is 24.2 Å². The van der Waals surface area contributed by atoms with Crippen molar-refractivity contribution in [1.29, 1.82) is 0 Å². The van der Waals surface area contributed by atoms with Crippen LogP contribution in [0.2, 0.25) is 0 Å². The molecule has 0 aliphatic heterocycles. The first-order valence-corrected chi connectivity index (χ1v) is 9.82. The molecule has 36 heavy (non-hydrogen) atoms. The number of nitrogens with zero attached hydrogens (tertiary/aromatic N) is 5. The number of pyridine rings is 1. The standard InChI is InChI=1S/C21H14F6N6O2.H2S/c1-11(14-6-5-12(20(22,23)24)8-15(14)21(25,26)27)33-10-13(9-29-33)30-17(34)19-32-31-18(35-19)16-4-2-3-7-28-16;/h2-11H,1H3,(H,30,34);1H2/t11-;/m0./s1. The van der Waals surface area contributed by atoms with Crippen molar-refractivity contribution in [3.05, 3.63) is 77.6 Å². The largest absolute Gasteiger partial charge is 0.416 e. The van der Waals surface area contributed by atoms with Crippen LogP contribution in [0.25, 0.3) is 11.6 Å². The minimum atomic E-state index is -5.03. The average molecular weight is 530 g/mol. The number of hydrogen-bond donors (Lipinski definition) is 1. The lowest BCUT2D eigenvalue weighted by Crippen LogP contribution is -2.17. The zero-order chi connectivity index (χ0) is 25.4. The quantitative estimate of drug-likeness (QED) is 0.350. The monoisotopic (exact) mass is 530 g/mol. The number of carbonyl (C=O) groups excluding carboxylic acids is 1. The number of hydrogen-bond acceptors (Lipinski definition) is 6. The number of amides is 1. The van der Waals surface area contributed by atoms with Crippen molar-refractivity contribution in [2.24, 2.45) is 0 Å². The number of anilines is 1. The van der Waals surface area contributed by atoms with Crippen LogP contribution >= 0.6 is 13.5 Å². The van der Waals surface area contributed by atoms with E-state index < -0.39 is 46.9 Å². The maximum Gasteiger partial charge on any atom is 0.416 e. The Hall–Kier alpha value is -3.88. The number of benzene rings is 1. The molecule has 0 bridgehead atoms. The molecule has 4 rings (SSSR count). The first-order chi connectivity index (χ1) is 16.4. The molecule has 4 aromatic rings. The van der Waals surface area contributed by atoms with Crippen LogP contribution in [0.15, 0.2) is 59.4 Å². The predicted octanol–water partition coefficient (Wildman–Crippen LogP) is 5.34. The number of carbonyl (C=O) groups is 1. The second-order valence-electron chi connectivity index (χ2n) is 7.26. The third-order valence-corrected chi connectivity index (χ3v) is 4.90. The topological polar surface area (TPSA) is 98.7 Å². The summed E-state index contributed by atoms with van der Waals surface area (Å²) in [4.78, 5) is 16.4. The maximum atomic E-state index is 13.5. The molecule has 1 aromatic carbocycles.